The zero-order chi connectivity index (χ0) is 13.9. The average molecular weight is 279 g/mol. The Hall–Kier alpha value is -1.54. The SMILES string of the molecule is CCC(NS(=O)(=O)c1cc(F)ccc1F)C(=O)O. The number of sulfonamides is 1. The van der Waals surface area contributed by atoms with E-state index in [1.807, 2.05) is 0 Å². The van der Waals surface area contributed by atoms with Gasteiger partial charge >= 0.3 is 5.97 Å². The van der Waals surface area contributed by atoms with Crippen LogP contribution in [-0.4, -0.2) is 25.5 Å². The molecule has 0 saturated heterocycles. The molecule has 1 unspecified atom stereocenters. The third-order valence-electron chi connectivity index (χ3n) is 2.19. The van der Waals surface area contributed by atoms with Gasteiger partial charge in [-0.25, -0.2) is 17.2 Å². The summed E-state index contributed by atoms with van der Waals surface area (Å²) < 4.78 is 51.4. The first-order valence-electron chi connectivity index (χ1n) is 4.98. The molecule has 8 heteroatoms. The van der Waals surface area contributed by atoms with Gasteiger partial charge in [-0.15, -0.1) is 0 Å². The summed E-state index contributed by atoms with van der Waals surface area (Å²) in [5, 5.41) is 8.71. The third kappa shape index (κ3) is 3.23. The number of carbonyl (C=O) groups is 1. The van der Waals surface area contributed by atoms with Gasteiger partial charge in [-0.1, -0.05) is 6.92 Å². The van der Waals surface area contributed by atoms with Crippen LogP contribution in [0, 0.1) is 11.6 Å². The minimum absolute atomic E-state index is 0.0223. The number of nitrogens with one attached hydrogen (secondary N) is 1. The van der Waals surface area contributed by atoms with Gasteiger partial charge in [0.25, 0.3) is 0 Å². The maximum atomic E-state index is 13.3. The summed E-state index contributed by atoms with van der Waals surface area (Å²) in [6.07, 6.45) is -0.0223. The van der Waals surface area contributed by atoms with Gasteiger partial charge in [0.1, 0.15) is 22.6 Å². The highest BCUT2D eigenvalue weighted by Gasteiger charge is 2.26. The van der Waals surface area contributed by atoms with Crippen LogP contribution in [0.1, 0.15) is 13.3 Å². The number of benzene rings is 1. The smallest absolute Gasteiger partial charge is 0.321 e. The maximum absolute atomic E-state index is 13.3. The molecule has 1 aromatic rings. The minimum atomic E-state index is -4.42. The number of carboxylic acids is 1. The van der Waals surface area contributed by atoms with Crippen molar-refractivity contribution in [3.63, 3.8) is 0 Å². The Bertz CT molecular complexity index is 559. The molecular weight excluding hydrogens is 268 g/mol. The summed E-state index contributed by atoms with van der Waals surface area (Å²) >= 11 is 0. The molecule has 0 aliphatic heterocycles. The monoisotopic (exact) mass is 279 g/mol. The van der Waals surface area contributed by atoms with Crippen LogP contribution in [0.5, 0.6) is 0 Å². The van der Waals surface area contributed by atoms with E-state index < -0.39 is 38.6 Å². The van der Waals surface area contributed by atoms with Crippen LogP contribution in [0.25, 0.3) is 0 Å². The molecule has 0 radical (unpaired) electrons. The lowest BCUT2D eigenvalue weighted by atomic mass is 10.2. The lowest BCUT2D eigenvalue weighted by molar-refractivity contribution is -0.139. The maximum Gasteiger partial charge on any atom is 0.321 e. The quantitative estimate of drug-likeness (QED) is 0.845. The number of halogens is 2. The lowest BCUT2D eigenvalue weighted by Crippen LogP contribution is -2.40. The summed E-state index contributed by atoms with van der Waals surface area (Å²) in [6, 6.07) is 0.526. The molecule has 5 nitrogen and oxygen atoms in total. The standard InChI is InChI=1S/C10H11F2NO4S/c1-2-8(10(14)15)13-18(16,17)9-5-6(11)3-4-7(9)12/h3-5,8,13H,2H2,1H3,(H,14,15). The average Bonchev–Trinajstić information content (AvgIpc) is 2.28. The number of hydrogen-bond donors (Lipinski definition) is 2. The van der Waals surface area contributed by atoms with Gasteiger partial charge in [0.05, 0.1) is 0 Å². The summed E-state index contributed by atoms with van der Waals surface area (Å²) in [7, 11) is -4.42. The van der Waals surface area contributed by atoms with E-state index in [1.165, 1.54) is 6.92 Å². The molecule has 1 aromatic carbocycles. The molecular formula is C10H11F2NO4S. The van der Waals surface area contributed by atoms with Gasteiger partial charge in [0.2, 0.25) is 10.0 Å². The van der Waals surface area contributed by atoms with Crippen molar-refractivity contribution < 1.29 is 27.1 Å². The third-order valence-corrected chi connectivity index (χ3v) is 3.67. The van der Waals surface area contributed by atoms with Crippen LogP contribution >= 0.6 is 0 Å². The minimum Gasteiger partial charge on any atom is -0.480 e. The summed E-state index contributed by atoms with van der Waals surface area (Å²) in [5.41, 5.74) is 0. The summed E-state index contributed by atoms with van der Waals surface area (Å²) in [6.45, 7) is 1.45. The van der Waals surface area contributed by atoms with Crippen molar-refractivity contribution in [2.24, 2.45) is 0 Å². The highest BCUT2D eigenvalue weighted by molar-refractivity contribution is 7.89. The Morgan fingerprint density at radius 1 is 1.44 bits per heavy atom. The molecule has 0 aliphatic carbocycles. The predicted octanol–water partition coefficient (Wildman–Crippen LogP) is 1.11. The molecule has 1 atom stereocenters. The Labute approximate surface area is 102 Å². The van der Waals surface area contributed by atoms with Crippen molar-refractivity contribution in [1.82, 2.24) is 4.72 Å². The van der Waals surface area contributed by atoms with Crippen LogP contribution < -0.4 is 4.72 Å². The Morgan fingerprint density at radius 2 is 2.06 bits per heavy atom. The molecule has 0 bridgehead atoms. The first-order valence-corrected chi connectivity index (χ1v) is 6.46. The molecule has 0 heterocycles. The van der Waals surface area contributed by atoms with Gasteiger partial charge in [-0.3, -0.25) is 4.79 Å². The second-order valence-corrected chi connectivity index (χ2v) is 5.18. The Balaban J connectivity index is 3.14. The fourth-order valence-corrected chi connectivity index (χ4v) is 2.60. The molecule has 0 fully saturated rings. The fourth-order valence-electron chi connectivity index (χ4n) is 1.24. The van der Waals surface area contributed by atoms with Crippen LogP contribution in [0.3, 0.4) is 0 Å². The van der Waals surface area contributed by atoms with Gasteiger partial charge < -0.3 is 5.11 Å². The summed E-state index contributed by atoms with van der Waals surface area (Å²) in [5.74, 6) is -3.47. The van der Waals surface area contributed by atoms with E-state index >= 15 is 0 Å². The van der Waals surface area contributed by atoms with E-state index in [0.717, 1.165) is 6.07 Å². The van der Waals surface area contributed by atoms with E-state index in [0.29, 0.717) is 12.1 Å². The molecule has 0 aliphatic rings. The van der Waals surface area contributed by atoms with Gasteiger partial charge in [-0.05, 0) is 24.6 Å². The van der Waals surface area contributed by atoms with Gasteiger partial charge in [0, 0.05) is 0 Å². The van der Waals surface area contributed by atoms with E-state index in [1.54, 1.807) is 4.72 Å². The largest absolute Gasteiger partial charge is 0.480 e. The molecule has 18 heavy (non-hydrogen) atoms. The van der Waals surface area contributed by atoms with E-state index in [-0.39, 0.29) is 6.42 Å². The second kappa shape index (κ2) is 5.40. The number of carboxylic acid groups (broad SMARTS) is 1. The van der Waals surface area contributed by atoms with Crippen molar-refractivity contribution in [2.45, 2.75) is 24.3 Å². The summed E-state index contributed by atoms with van der Waals surface area (Å²) in [4.78, 5) is 9.78. The number of aliphatic carboxylic acids is 1. The van der Waals surface area contributed by atoms with Gasteiger partial charge in [-0.2, -0.15) is 4.72 Å². The molecule has 1 rings (SSSR count). The van der Waals surface area contributed by atoms with Crippen LogP contribution in [0.2, 0.25) is 0 Å². The molecule has 0 saturated carbocycles. The normalized spacial score (nSPS) is 13.3. The van der Waals surface area contributed by atoms with Crippen molar-refractivity contribution >= 4 is 16.0 Å². The fraction of sp³-hybridized carbons (Fsp3) is 0.300. The van der Waals surface area contributed by atoms with E-state index in [9.17, 15) is 22.0 Å². The van der Waals surface area contributed by atoms with E-state index in [4.69, 9.17) is 5.11 Å². The van der Waals surface area contributed by atoms with Crippen molar-refractivity contribution in [3.05, 3.63) is 29.8 Å². The Kier molecular flexibility index (Phi) is 4.36. The molecule has 2 N–H and O–H groups in total. The molecule has 0 spiro atoms. The lowest BCUT2D eigenvalue weighted by Gasteiger charge is -2.13. The first kappa shape index (κ1) is 14.5. The highest BCUT2D eigenvalue weighted by atomic mass is 32.2. The highest BCUT2D eigenvalue weighted by Crippen LogP contribution is 2.16. The zero-order valence-corrected chi connectivity index (χ0v) is 10.2. The van der Waals surface area contributed by atoms with Crippen LogP contribution in [0.4, 0.5) is 8.78 Å². The van der Waals surface area contributed by atoms with Crippen molar-refractivity contribution in [2.75, 3.05) is 0 Å². The van der Waals surface area contributed by atoms with Crippen molar-refractivity contribution in [1.29, 1.82) is 0 Å². The topological polar surface area (TPSA) is 83.5 Å². The second-order valence-electron chi connectivity index (χ2n) is 3.50. The molecule has 0 amide bonds. The van der Waals surface area contributed by atoms with Crippen LogP contribution in [-0.2, 0) is 14.8 Å². The first-order chi connectivity index (χ1) is 8.27. The Morgan fingerprint density at radius 3 is 2.56 bits per heavy atom. The molecule has 100 valence electrons. The number of rotatable bonds is 5. The van der Waals surface area contributed by atoms with Crippen LogP contribution in [0.15, 0.2) is 23.1 Å². The van der Waals surface area contributed by atoms with Gasteiger partial charge in [0.15, 0.2) is 0 Å². The number of hydrogen-bond acceptors (Lipinski definition) is 3. The van der Waals surface area contributed by atoms with E-state index in [2.05, 4.69) is 0 Å². The predicted molar refractivity (Wildman–Crippen MR) is 58.4 cm³/mol. The zero-order valence-electron chi connectivity index (χ0n) is 9.35. The van der Waals surface area contributed by atoms with Crippen molar-refractivity contribution in [3.8, 4) is 0 Å². The molecule has 0 aromatic heterocycles.